The average Bonchev–Trinajstić information content (AvgIpc) is 3.05. The van der Waals surface area contributed by atoms with E-state index in [0.29, 0.717) is 21.4 Å². The zero-order chi connectivity index (χ0) is 16.4. The van der Waals surface area contributed by atoms with Gasteiger partial charge in [0, 0.05) is 5.69 Å². The average molecular weight is 352 g/mol. The Morgan fingerprint density at radius 2 is 1.96 bits per heavy atom. The minimum Gasteiger partial charge on any atom is -0.322 e. The number of nitrogens with one attached hydrogen (secondary N) is 1. The fraction of sp³-hybridized carbons (Fsp3) is 0. The number of halogens is 3. The molecule has 1 amide bonds. The van der Waals surface area contributed by atoms with Gasteiger partial charge in [-0.2, -0.15) is 4.68 Å². The van der Waals surface area contributed by atoms with Crippen molar-refractivity contribution in [2.24, 2.45) is 0 Å². The number of nitrogens with zero attached hydrogens (tertiary/aromatic N) is 4. The highest BCUT2D eigenvalue weighted by Crippen LogP contribution is 2.25. The summed E-state index contributed by atoms with van der Waals surface area (Å²) in [7, 11) is 0. The summed E-state index contributed by atoms with van der Waals surface area (Å²) in [6, 6.07) is 8.36. The van der Waals surface area contributed by atoms with E-state index in [-0.39, 0.29) is 5.56 Å². The lowest BCUT2D eigenvalue weighted by Gasteiger charge is -2.10. The molecule has 0 spiro atoms. The Kier molecular flexibility index (Phi) is 4.22. The summed E-state index contributed by atoms with van der Waals surface area (Å²) >= 11 is 11.7. The first kappa shape index (κ1) is 15.4. The second-order valence-electron chi connectivity index (χ2n) is 4.50. The van der Waals surface area contributed by atoms with Crippen molar-refractivity contribution in [3.05, 3.63) is 64.2 Å². The third-order valence-electron chi connectivity index (χ3n) is 2.98. The molecule has 0 atom stereocenters. The zero-order valence-corrected chi connectivity index (χ0v) is 12.9. The Morgan fingerprint density at radius 1 is 1.13 bits per heavy atom. The Bertz CT molecular complexity index is 870. The molecule has 0 unspecified atom stereocenters. The molecule has 9 heteroatoms. The first-order valence-corrected chi connectivity index (χ1v) is 7.09. The van der Waals surface area contributed by atoms with Crippen molar-refractivity contribution >= 4 is 34.8 Å². The number of aromatic nitrogens is 4. The molecule has 0 fully saturated rings. The van der Waals surface area contributed by atoms with Crippen molar-refractivity contribution in [3.8, 4) is 5.69 Å². The van der Waals surface area contributed by atoms with Crippen LogP contribution in [-0.4, -0.2) is 26.1 Å². The summed E-state index contributed by atoms with van der Waals surface area (Å²) in [6.07, 6.45) is 1.31. The SMILES string of the molecule is O=C(Nc1ccc(Cl)c(Cl)c1)c1cc(F)ccc1-n1cnnn1. The molecule has 2 aromatic carbocycles. The second-order valence-corrected chi connectivity index (χ2v) is 5.31. The molecule has 23 heavy (non-hydrogen) atoms. The standard InChI is InChI=1S/C14H8Cl2FN5O/c15-11-3-2-9(6-12(11)16)19-14(23)10-5-8(17)1-4-13(10)22-7-18-20-21-22/h1-7H,(H,19,23). The number of carbonyl (C=O) groups is 1. The molecule has 0 bridgehead atoms. The van der Waals surface area contributed by atoms with Crippen LogP contribution in [0.15, 0.2) is 42.7 Å². The van der Waals surface area contributed by atoms with Crippen LogP contribution in [0.25, 0.3) is 5.69 Å². The highest BCUT2D eigenvalue weighted by atomic mass is 35.5. The number of benzene rings is 2. The number of anilines is 1. The fourth-order valence-corrected chi connectivity index (χ4v) is 2.23. The van der Waals surface area contributed by atoms with Crippen LogP contribution >= 0.6 is 23.2 Å². The molecule has 0 saturated carbocycles. The van der Waals surface area contributed by atoms with Gasteiger partial charge in [-0.1, -0.05) is 23.2 Å². The summed E-state index contributed by atoms with van der Waals surface area (Å²) in [5.41, 5.74) is 0.841. The van der Waals surface area contributed by atoms with E-state index in [1.54, 1.807) is 12.1 Å². The highest BCUT2D eigenvalue weighted by molar-refractivity contribution is 6.42. The van der Waals surface area contributed by atoms with Crippen LogP contribution < -0.4 is 5.32 Å². The Balaban J connectivity index is 1.95. The normalized spacial score (nSPS) is 10.6. The van der Waals surface area contributed by atoms with Gasteiger partial charge in [0.05, 0.1) is 21.3 Å². The second kappa shape index (κ2) is 6.31. The molecule has 1 aromatic heterocycles. The lowest BCUT2D eigenvalue weighted by Crippen LogP contribution is -2.15. The van der Waals surface area contributed by atoms with Gasteiger partial charge in [0.25, 0.3) is 5.91 Å². The van der Waals surface area contributed by atoms with E-state index in [9.17, 15) is 9.18 Å². The monoisotopic (exact) mass is 351 g/mol. The lowest BCUT2D eigenvalue weighted by molar-refractivity contribution is 0.102. The number of carbonyl (C=O) groups excluding carboxylic acids is 1. The predicted octanol–water partition coefficient (Wildman–Crippen LogP) is 3.36. The molecule has 0 saturated heterocycles. The van der Waals surface area contributed by atoms with Gasteiger partial charge in [-0.25, -0.2) is 4.39 Å². The first-order chi connectivity index (χ1) is 11.0. The van der Waals surface area contributed by atoms with Crippen molar-refractivity contribution in [3.63, 3.8) is 0 Å². The van der Waals surface area contributed by atoms with Crippen molar-refractivity contribution in [1.29, 1.82) is 0 Å². The highest BCUT2D eigenvalue weighted by Gasteiger charge is 2.15. The molecular formula is C14H8Cl2FN5O. The van der Waals surface area contributed by atoms with Gasteiger partial charge >= 0.3 is 0 Å². The van der Waals surface area contributed by atoms with Gasteiger partial charge in [0.15, 0.2) is 0 Å². The molecule has 1 N–H and O–H groups in total. The number of hydrogen-bond donors (Lipinski definition) is 1. The van der Waals surface area contributed by atoms with E-state index in [2.05, 4.69) is 20.8 Å². The summed E-state index contributed by atoms with van der Waals surface area (Å²) in [5.74, 6) is -1.09. The molecule has 116 valence electrons. The van der Waals surface area contributed by atoms with E-state index >= 15 is 0 Å². The first-order valence-electron chi connectivity index (χ1n) is 6.34. The molecule has 6 nitrogen and oxygen atoms in total. The van der Waals surface area contributed by atoms with Crippen molar-refractivity contribution in [2.45, 2.75) is 0 Å². The number of amides is 1. The maximum Gasteiger partial charge on any atom is 0.257 e. The summed E-state index contributed by atoms with van der Waals surface area (Å²) in [5, 5.41) is 14.0. The van der Waals surface area contributed by atoms with Gasteiger partial charge in [-0.15, -0.1) is 5.10 Å². The Labute approximate surface area is 139 Å². The Hall–Kier alpha value is -2.51. The third kappa shape index (κ3) is 3.30. The molecule has 0 aliphatic carbocycles. The summed E-state index contributed by atoms with van der Waals surface area (Å²) in [4.78, 5) is 12.4. The largest absolute Gasteiger partial charge is 0.322 e. The fourth-order valence-electron chi connectivity index (χ4n) is 1.93. The molecule has 0 aliphatic heterocycles. The van der Waals surface area contributed by atoms with Gasteiger partial charge in [-0.05, 0) is 46.8 Å². The van der Waals surface area contributed by atoms with Crippen LogP contribution in [-0.2, 0) is 0 Å². The van der Waals surface area contributed by atoms with E-state index in [1.807, 2.05) is 0 Å². The Morgan fingerprint density at radius 3 is 2.65 bits per heavy atom. The quantitative estimate of drug-likeness (QED) is 0.785. The summed E-state index contributed by atoms with van der Waals surface area (Å²) in [6.45, 7) is 0. The number of tetrazole rings is 1. The van der Waals surface area contributed by atoms with Crippen LogP contribution in [0.4, 0.5) is 10.1 Å². The zero-order valence-electron chi connectivity index (χ0n) is 11.4. The van der Waals surface area contributed by atoms with E-state index in [0.717, 1.165) is 6.07 Å². The molecule has 0 radical (unpaired) electrons. The van der Waals surface area contributed by atoms with E-state index in [4.69, 9.17) is 23.2 Å². The maximum absolute atomic E-state index is 13.5. The van der Waals surface area contributed by atoms with Crippen LogP contribution in [0, 0.1) is 5.82 Å². The topological polar surface area (TPSA) is 72.7 Å². The lowest BCUT2D eigenvalue weighted by atomic mass is 10.1. The van der Waals surface area contributed by atoms with Gasteiger partial charge in [0.2, 0.25) is 0 Å². The molecule has 3 rings (SSSR count). The molecular weight excluding hydrogens is 344 g/mol. The molecule has 3 aromatic rings. The van der Waals surface area contributed by atoms with Gasteiger partial charge < -0.3 is 5.32 Å². The van der Waals surface area contributed by atoms with Crippen LogP contribution in [0.5, 0.6) is 0 Å². The number of hydrogen-bond acceptors (Lipinski definition) is 4. The minimum absolute atomic E-state index is 0.0726. The third-order valence-corrected chi connectivity index (χ3v) is 3.72. The van der Waals surface area contributed by atoms with Gasteiger partial charge in [-0.3, -0.25) is 4.79 Å². The minimum atomic E-state index is -0.555. The van der Waals surface area contributed by atoms with Crippen LogP contribution in [0.1, 0.15) is 10.4 Å². The predicted molar refractivity (Wildman–Crippen MR) is 83.5 cm³/mol. The van der Waals surface area contributed by atoms with E-state index in [1.165, 1.54) is 29.2 Å². The van der Waals surface area contributed by atoms with Crippen LogP contribution in [0.3, 0.4) is 0 Å². The van der Waals surface area contributed by atoms with Crippen molar-refractivity contribution in [1.82, 2.24) is 20.2 Å². The van der Waals surface area contributed by atoms with Crippen LogP contribution in [0.2, 0.25) is 10.0 Å². The van der Waals surface area contributed by atoms with Crippen molar-refractivity contribution < 1.29 is 9.18 Å². The summed E-state index contributed by atoms with van der Waals surface area (Å²) < 4.78 is 14.8. The van der Waals surface area contributed by atoms with Gasteiger partial charge in [0.1, 0.15) is 12.1 Å². The molecule has 0 aliphatic rings. The van der Waals surface area contributed by atoms with E-state index < -0.39 is 11.7 Å². The number of rotatable bonds is 3. The molecule has 1 heterocycles. The van der Waals surface area contributed by atoms with Crippen molar-refractivity contribution in [2.75, 3.05) is 5.32 Å². The maximum atomic E-state index is 13.5. The smallest absolute Gasteiger partial charge is 0.257 e.